The molecule has 2 rings (SSSR count). The number of carbonyl (C=O) groups is 1. The van der Waals surface area contributed by atoms with Gasteiger partial charge in [-0.1, -0.05) is 30.0 Å². The second-order valence-corrected chi connectivity index (χ2v) is 8.30. The molecule has 0 bridgehead atoms. The monoisotopic (exact) mass is 376 g/mol. The third kappa shape index (κ3) is 6.35. The number of ether oxygens (including phenoxy) is 1. The van der Waals surface area contributed by atoms with E-state index < -0.39 is 11.7 Å². The van der Waals surface area contributed by atoms with Crippen molar-refractivity contribution in [3.8, 4) is 0 Å². The van der Waals surface area contributed by atoms with E-state index in [1.54, 1.807) is 26.8 Å². The second-order valence-electron chi connectivity index (χ2n) is 7.21. The van der Waals surface area contributed by atoms with Crippen LogP contribution in [-0.2, 0) is 11.3 Å². The molecule has 0 saturated heterocycles. The Morgan fingerprint density at radius 2 is 1.85 bits per heavy atom. The summed E-state index contributed by atoms with van der Waals surface area (Å²) in [6.45, 7) is 6.16. The Balaban J connectivity index is 2.27. The minimum atomic E-state index is -0.601. The van der Waals surface area contributed by atoms with Crippen LogP contribution >= 0.6 is 11.8 Å². The second kappa shape index (κ2) is 8.56. The van der Waals surface area contributed by atoms with Crippen molar-refractivity contribution < 1.29 is 13.9 Å². The van der Waals surface area contributed by atoms with Crippen LogP contribution in [0.2, 0.25) is 0 Å². The molecule has 0 atom stereocenters. The fraction of sp³-hybridized carbons (Fsp3) is 0.350. The van der Waals surface area contributed by atoms with Crippen molar-refractivity contribution in [2.75, 3.05) is 19.4 Å². The Hall–Kier alpha value is -2.05. The van der Waals surface area contributed by atoms with E-state index in [-0.39, 0.29) is 5.82 Å². The predicted molar refractivity (Wildman–Crippen MR) is 104 cm³/mol. The maximum Gasteiger partial charge on any atom is 0.412 e. The van der Waals surface area contributed by atoms with Gasteiger partial charge in [0.2, 0.25) is 0 Å². The number of rotatable bonds is 5. The van der Waals surface area contributed by atoms with Gasteiger partial charge in [-0.25, -0.2) is 9.18 Å². The van der Waals surface area contributed by atoms with Crippen LogP contribution in [0, 0.1) is 5.82 Å². The molecule has 0 saturated carbocycles. The largest absolute Gasteiger partial charge is 0.444 e. The van der Waals surface area contributed by atoms with Gasteiger partial charge >= 0.3 is 6.09 Å². The average Bonchev–Trinajstić information content (AvgIpc) is 2.49. The molecule has 4 nitrogen and oxygen atoms in total. The van der Waals surface area contributed by atoms with E-state index >= 15 is 0 Å². The number of hydrogen-bond donors (Lipinski definition) is 1. The highest BCUT2D eigenvalue weighted by atomic mass is 32.2. The molecule has 26 heavy (non-hydrogen) atoms. The molecule has 1 amide bonds. The molecular formula is C20H25FN2O2S. The molecule has 2 aromatic rings. The average molecular weight is 376 g/mol. The van der Waals surface area contributed by atoms with Gasteiger partial charge in [-0.3, -0.25) is 5.32 Å². The smallest absolute Gasteiger partial charge is 0.412 e. The normalized spacial score (nSPS) is 11.5. The Bertz CT molecular complexity index is 773. The van der Waals surface area contributed by atoms with E-state index in [1.807, 2.05) is 38.4 Å². The maximum absolute atomic E-state index is 13.8. The highest BCUT2D eigenvalue weighted by molar-refractivity contribution is 7.99. The third-order valence-corrected chi connectivity index (χ3v) is 4.43. The van der Waals surface area contributed by atoms with Crippen LogP contribution in [0.4, 0.5) is 14.9 Å². The lowest BCUT2D eigenvalue weighted by atomic mass is 10.2. The van der Waals surface area contributed by atoms with Crippen molar-refractivity contribution >= 4 is 23.5 Å². The highest BCUT2D eigenvalue weighted by Crippen LogP contribution is 2.36. The molecule has 140 valence electrons. The van der Waals surface area contributed by atoms with E-state index in [9.17, 15) is 9.18 Å². The van der Waals surface area contributed by atoms with Gasteiger partial charge in [0.05, 0.1) is 5.69 Å². The molecule has 0 aromatic heterocycles. The van der Waals surface area contributed by atoms with Crippen LogP contribution in [0.1, 0.15) is 26.3 Å². The molecule has 6 heteroatoms. The molecule has 0 radical (unpaired) electrons. The lowest BCUT2D eigenvalue weighted by molar-refractivity contribution is 0.0635. The zero-order valence-electron chi connectivity index (χ0n) is 15.8. The summed E-state index contributed by atoms with van der Waals surface area (Å²) >= 11 is 1.42. The summed E-state index contributed by atoms with van der Waals surface area (Å²) in [6.07, 6.45) is -0.562. The van der Waals surface area contributed by atoms with E-state index in [2.05, 4.69) is 10.2 Å². The van der Waals surface area contributed by atoms with Crippen molar-refractivity contribution in [2.45, 2.75) is 42.7 Å². The van der Waals surface area contributed by atoms with Crippen molar-refractivity contribution in [3.63, 3.8) is 0 Å². The number of anilines is 1. The topological polar surface area (TPSA) is 41.6 Å². The molecule has 0 aliphatic rings. The zero-order chi connectivity index (χ0) is 19.3. The maximum atomic E-state index is 13.8. The summed E-state index contributed by atoms with van der Waals surface area (Å²) in [5, 5.41) is 2.72. The van der Waals surface area contributed by atoms with Gasteiger partial charge in [0.1, 0.15) is 11.4 Å². The fourth-order valence-corrected chi connectivity index (χ4v) is 3.34. The van der Waals surface area contributed by atoms with Gasteiger partial charge in [0.15, 0.2) is 0 Å². The first kappa shape index (κ1) is 20.3. The number of amides is 1. The van der Waals surface area contributed by atoms with E-state index in [1.165, 1.54) is 23.9 Å². The first-order chi connectivity index (χ1) is 12.1. The van der Waals surface area contributed by atoms with Gasteiger partial charge in [-0.15, -0.1) is 0 Å². The number of halogens is 1. The summed E-state index contributed by atoms with van der Waals surface area (Å²) in [6, 6.07) is 12.3. The van der Waals surface area contributed by atoms with Gasteiger partial charge in [-0.05, 0) is 64.7 Å². The SMILES string of the molecule is CN(C)Cc1ccccc1Sc1cc(F)ccc1NC(=O)OC(C)(C)C. The van der Waals surface area contributed by atoms with Crippen LogP contribution in [0.15, 0.2) is 52.3 Å². The first-order valence-electron chi connectivity index (χ1n) is 8.34. The van der Waals surface area contributed by atoms with E-state index in [0.717, 1.165) is 17.0 Å². The standard InChI is InChI=1S/C20H25FN2O2S/c1-20(2,3)25-19(24)22-16-11-10-15(21)12-18(16)26-17-9-7-6-8-14(17)13-23(4)5/h6-12H,13H2,1-5H3,(H,22,24). The summed E-state index contributed by atoms with van der Waals surface area (Å²) in [4.78, 5) is 15.8. The number of nitrogens with one attached hydrogen (secondary N) is 1. The predicted octanol–water partition coefficient (Wildman–Crippen LogP) is 5.39. The quantitative estimate of drug-likeness (QED) is 0.760. The number of hydrogen-bond acceptors (Lipinski definition) is 4. The van der Waals surface area contributed by atoms with Gasteiger partial charge in [0, 0.05) is 16.3 Å². The van der Waals surface area contributed by atoms with Gasteiger partial charge < -0.3 is 9.64 Å². The zero-order valence-corrected chi connectivity index (χ0v) is 16.6. The molecule has 2 aromatic carbocycles. The Morgan fingerprint density at radius 3 is 2.50 bits per heavy atom. The summed E-state index contributed by atoms with van der Waals surface area (Å²) in [7, 11) is 4.00. The van der Waals surface area contributed by atoms with Crippen molar-refractivity contribution in [1.29, 1.82) is 0 Å². The first-order valence-corrected chi connectivity index (χ1v) is 9.16. The van der Waals surface area contributed by atoms with E-state index in [0.29, 0.717) is 10.6 Å². The molecule has 0 spiro atoms. The number of benzene rings is 2. The van der Waals surface area contributed by atoms with Crippen molar-refractivity contribution in [2.24, 2.45) is 0 Å². The van der Waals surface area contributed by atoms with Crippen LogP contribution in [-0.4, -0.2) is 30.7 Å². The highest BCUT2D eigenvalue weighted by Gasteiger charge is 2.18. The van der Waals surface area contributed by atoms with Gasteiger partial charge in [-0.2, -0.15) is 0 Å². The summed E-state index contributed by atoms with van der Waals surface area (Å²) in [5.41, 5.74) is 1.05. The third-order valence-electron chi connectivity index (χ3n) is 3.26. The Labute approximate surface area is 158 Å². The molecule has 0 heterocycles. The molecule has 0 unspecified atom stereocenters. The number of carbonyl (C=O) groups excluding carboxylic acids is 1. The number of nitrogens with zero attached hydrogens (tertiary/aromatic N) is 1. The lowest BCUT2D eigenvalue weighted by Gasteiger charge is -2.20. The van der Waals surface area contributed by atoms with Crippen molar-refractivity contribution in [1.82, 2.24) is 4.90 Å². The van der Waals surface area contributed by atoms with Crippen LogP contribution in [0.5, 0.6) is 0 Å². The summed E-state index contributed by atoms with van der Waals surface area (Å²) < 4.78 is 19.1. The molecular weight excluding hydrogens is 351 g/mol. The van der Waals surface area contributed by atoms with E-state index in [4.69, 9.17) is 4.74 Å². The van der Waals surface area contributed by atoms with Crippen LogP contribution in [0.25, 0.3) is 0 Å². The lowest BCUT2D eigenvalue weighted by Crippen LogP contribution is -2.27. The molecule has 0 aliphatic carbocycles. The van der Waals surface area contributed by atoms with Crippen LogP contribution < -0.4 is 5.32 Å². The minimum absolute atomic E-state index is 0.354. The fourth-order valence-electron chi connectivity index (χ4n) is 2.29. The van der Waals surface area contributed by atoms with Gasteiger partial charge in [0.25, 0.3) is 0 Å². The molecule has 0 aliphatic heterocycles. The Morgan fingerprint density at radius 1 is 1.15 bits per heavy atom. The molecule has 1 N–H and O–H groups in total. The molecule has 0 fully saturated rings. The summed E-state index contributed by atoms with van der Waals surface area (Å²) in [5.74, 6) is -0.354. The minimum Gasteiger partial charge on any atom is -0.444 e. The Kier molecular flexibility index (Phi) is 6.67. The van der Waals surface area contributed by atoms with Crippen molar-refractivity contribution in [3.05, 3.63) is 53.8 Å². The van der Waals surface area contributed by atoms with Crippen LogP contribution in [0.3, 0.4) is 0 Å².